The number of rotatable bonds is 8. The number of ketones is 1. The maximum absolute atomic E-state index is 15.4. The first-order valence-electron chi connectivity index (χ1n) is 17.7. The van der Waals surface area contributed by atoms with Gasteiger partial charge >= 0.3 is 0 Å². The number of hydrogen-bond donors (Lipinski definition) is 0. The minimum absolute atomic E-state index is 0.0135. The van der Waals surface area contributed by atoms with Crippen LogP contribution in [0.2, 0.25) is 0 Å². The molecule has 0 unspecified atom stereocenters. The van der Waals surface area contributed by atoms with Crippen molar-refractivity contribution in [3.8, 4) is 0 Å². The highest BCUT2D eigenvalue weighted by atomic mass is 19.2. The van der Waals surface area contributed by atoms with Crippen LogP contribution < -0.4 is 26.4 Å². The van der Waals surface area contributed by atoms with Crippen LogP contribution in [-0.2, 0) is 6.54 Å². The van der Waals surface area contributed by atoms with Crippen molar-refractivity contribution < 1.29 is 102 Å². The second-order valence-corrected chi connectivity index (χ2v) is 13.7. The largest absolute Gasteiger partial charge is 0.287 e. The molecule has 0 bridgehead atoms. The fourth-order valence-corrected chi connectivity index (χ4v) is 7.25. The molecule has 6 aromatic carbocycles. The lowest BCUT2D eigenvalue weighted by Gasteiger charge is -2.44. The van der Waals surface area contributed by atoms with Crippen molar-refractivity contribution in [1.29, 1.82) is 0 Å². The smallest absolute Gasteiger partial charge is 0.276 e. The average Bonchev–Trinajstić information content (AvgIpc) is 3.31. The summed E-state index contributed by atoms with van der Waals surface area (Å²) in [5.41, 5.74) is -13.0. The van der Waals surface area contributed by atoms with Gasteiger partial charge in [0.2, 0.25) is 17.8 Å². The quantitative estimate of drug-likeness (QED) is 0.0224. The third-order valence-electron chi connectivity index (χ3n) is 10.2. The van der Waals surface area contributed by atoms with E-state index in [9.17, 15) is 67.6 Å². The predicted octanol–water partition coefficient (Wildman–Crippen LogP) is 8.76. The third kappa shape index (κ3) is 7.71. The molecule has 7 rings (SSSR count). The van der Waals surface area contributed by atoms with Crippen LogP contribution in [0, 0.1) is 126 Å². The molecule has 26 heteroatoms. The van der Waals surface area contributed by atoms with Crippen LogP contribution in [0.1, 0.15) is 10.4 Å². The number of halogens is 20. The summed E-state index contributed by atoms with van der Waals surface area (Å²) in [6.07, 6.45) is -5.46. The highest BCUT2D eigenvalue weighted by Crippen LogP contribution is 2.31. The molecule has 0 spiro atoms. The molecule has 1 heterocycles. The number of nitrogens with zero attached hydrogens (tertiary/aromatic N) is 2. The molecule has 0 fully saturated rings. The van der Waals surface area contributed by atoms with Crippen LogP contribution in [0.5, 0.6) is 0 Å². The Labute approximate surface area is 357 Å². The molecule has 348 valence electrons. The van der Waals surface area contributed by atoms with Crippen molar-refractivity contribution in [2.24, 2.45) is 0 Å². The fraction of sp³-hybridized carbons (Fsp3) is 0.0244. The van der Waals surface area contributed by atoms with Crippen molar-refractivity contribution in [2.75, 3.05) is 0 Å². The Kier molecular flexibility index (Phi) is 13.2. The van der Waals surface area contributed by atoms with Crippen LogP contribution in [0.4, 0.5) is 93.5 Å². The number of pyridine rings is 1. The zero-order valence-corrected chi connectivity index (χ0v) is 31.8. The molecular weight excluding hydrogens is 959 g/mol. The predicted molar refractivity (Wildman–Crippen MR) is 191 cm³/mol. The van der Waals surface area contributed by atoms with Crippen molar-refractivity contribution in [1.82, 2.24) is 0 Å². The number of aromatic nitrogens is 1. The van der Waals surface area contributed by atoms with E-state index in [1.54, 1.807) is 29.0 Å². The lowest BCUT2D eigenvalue weighted by molar-refractivity contribution is -0.657. The van der Waals surface area contributed by atoms with E-state index in [4.69, 9.17) is 0 Å². The number of benzene rings is 6. The zero-order chi connectivity index (χ0) is 49.9. The lowest BCUT2D eigenvalue weighted by atomic mass is 9.12. The second-order valence-electron chi connectivity index (χ2n) is 13.7. The Bertz CT molecular complexity index is 2850. The van der Waals surface area contributed by atoms with Crippen LogP contribution in [-0.4, -0.2) is 16.9 Å². The molecule has 0 aliphatic rings. The van der Waals surface area contributed by atoms with E-state index < -0.39 is 149 Å². The van der Waals surface area contributed by atoms with Gasteiger partial charge in [-0.1, -0.05) is 30.3 Å². The minimum Gasteiger partial charge on any atom is -0.287 e. The van der Waals surface area contributed by atoms with E-state index in [0.29, 0.717) is 11.1 Å². The lowest BCUT2D eigenvalue weighted by Crippen LogP contribution is -2.81. The number of hydrogen-bond acceptors (Lipinski definition) is 3. The Morgan fingerprint density at radius 1 is 0.433 bits per heavy atom. The molecule has 0 saturated heterocycles. The summed E-state index contributed by atoms with van der Waals surface area (Å²) in [6.45, 7) is 0.141. The third-order valence-corrected chi connectivity index (χ3v) is 10.2. The normalized spacial score (nSPS) is 11.5. The van der Waals surface area contributed by atoms with Crippen molar-refractivity contribution >= 4 is 50.4 Å². The number of fused-ring (bicyclic) bond motifs is 1. The van der Waals surface area contributed by atoms with Gasteiger partial charge in [0.1, 0.15) is 52.7 Å². The summed E-state index contributed by atoms with van der Waals surface area (Å²) in [6, 6.07) is 17.3. The molecule has 0 radical (unpaired) electrons. The number of nitro benzene ring substituents is 1. The molecule has 0 atom stereocenters. The molecule has 0 N–H and O–H groups in total. The molecule has 0 aliphatic carbocycles. The van der Waals surface area contributed by atoms with Gasteiger partial charge < -0.3 is 0 Å². The number of nitro groups is 1. The summed E-state index contributed by atoms with van der Waals surface area (Å²) in [5.74, 6) is -71.4. The first-order chi connectivity index (χ1) is 31.3. The Morgan fingerprint density at radius 2 is 0.746 bits per heavy atom. The number of carbonyl (C=O) groups excluding carboxylic acids is 1. The summed E-state index contributed by atoms with van der Waals surface area (Å²) < 4.78 is 296. The molecule has 0 saturated carbocycles. The first-order valence-corrected chi connectivity index (χ1v) is 17.7. The van der Waals surface area contributed by atoms with Gasteiger partial charge in [-0.25, -0.2) is 87.8 Å². The van der Waals surface area contributed by atoms with E-state index in [1.807, 2.05) is 30.3 Å². The van der Waals surface area contributed by atoms with E-state index in [-0.39, 0.29) is 18.0 Å². The Balaban J connectivity index is 0.000000279. The van der Waals surface area contributed by atoms with Crippen molar-refractivity contribution in [2.45, 2.75) is 6.54 Å². The second kappa shape index (κ2) is 18.0. The van der Waals surface area contributed by atoms with Gasteiger partial charge in [0.15, 0.2) is 76.0 Å². The summed E-state index contributed by atoms with van der Waals surface area (Å²) >= 11 is 0. The molecule has 7 aromatic rings. The van der Waals surface area contributed by atoms with Crippen LogP contribution in [0.25, 0.3) is 10.9 Å². The number of Topliss-reactive ketones (excluding diaryl/α,β-unsaturated/α-hetero) is 1. The maximum atomic E-state index is 15.4. The summed E-state index contributed by atoms with van der Waals surface area (Å²) in [5, 5.41) is 11.8. The summed E-state index contributed by atoms with van der Waals surface area (Å²) in [4.78, 5) is 22.8. The van der Waals surface area contributed by atoms with E-state index in [0.717, 1.165) is 5.39 Å². The van der Waals surface area contributed by atoms with Gasteiger partial charge in [-0.05, 0) is 12.1 Å². The van der Waals surface area contributed by atoms with Gasteiger partial charge in [-0.3, -0.25) is 14.9 Å². The number of carbonyl (C=O) groups is 1. The average molecular weight is 972 g/mol. The highest BCUT2D eigenvalue weighted by molar-refractivity contribution is 7.20. The van der Waals surface area contributed by atoms with Crippen molar-refractivity contribution in [3.63, 3.8) is 0 Å². The Hall–Kier alpha value is -7.54. The van der Waals surface area contributed by atoms with Crippen LogP contribution in [0.3, 0.4) is 0 Å². The molecule has 67 heavy (non-hydrogen) atoms. The molecular formula is C41H13BF20N2O3. The van der Waals surface area contributed by atoms with Crippen molar-refractivity contribution in [3.05, 3.63) is 199 Å². The molecule has 1 aromatic heterocycles. The van der Waals surface area contributed by atoms with Gasteiger partial charge in [0.05, 0.1) is 11.0 Å². The molecule has 0 amide bonds. The first kappa shape index (κ1) is 48.9. The molecule has 0 aliphatic heterocycles. The van der Waals surface area contributed by atoms with Gasteiger partial charge in [0.25, 0.3) is 5.69 Å². The van der Waals surface area contributed by atoms with E-state index >= 15 is 35.1 Å². The minimum atomic E-state index is -7.22. The van der Waals surface area contributed by atoms with Gasteiger partial charge in [-0.2, -0.15) is 4.57 Å². The SMILES string of the molecule is Fc1c(F)c(F)c([B-](c2c(F)c(F)c(F)c(F)c2F)(c2c(F)c(F)c(F)c(F)c2F)c2c(F)c(F)c(F)c(F)c2F)c(F)c1F.O=C(C[n+]1cccc2ccc([N+](=O)[O-])cc21)c1ccccc1. The number of non-ortho nitro benzene ring substituents is 1. The molecule has 5 nitrogen and oxygen atoms in total. The fourth-order valence-electron chi connectivity index (χ4n) is 7.25. The highest BCUT2D eigenvalue weighted by Gasteiger charge is 2.52. The maximum Gasteiger partial charge on any atom is 0.276 e. The van der Waals surface area contributed by atoms with Crippen LogP contribution in [0.15, 0.2) is 66.9 Å². The van der Waals surface area contributed by atoms with E-state index in [1.165, 1.54) is 12.1 Å². The van der Waals surface area contributed by atoms with Gasteiger partial charge in [0, 0.05) is 23.1 Å². The van der Waals surface area contributed by atoms with Crippen LogP contribution >= 0.6 is 0 Å². The Morgan fingerprint density at radius 3 is 1.06 bits per heavy atom. The monoisotopic (exact) mass is 972 g/mol. The van der Waals surface area contributed by atoms with E-state index in [2.05, 4.69) is 0 Å². The van der Waals surface area contributed by atoms with Gasteiger partial charge in [-0.15, -0.1) is 21.9 Å². The summed E-state index contributed by atoms with van der Waals surface area (Å²) in [7, 11) is 0. The zero-order valence-electron chi connectivity index (χ0n) is 31.8. The standard InChI is InChI=1S/C24BF20.C17H13N2O3/c26-5-1(6(27)14(35)21(42)13(5)34)25(2-7(28)15(36)22(43)16(37)8(2)29,3-9(30)17(38)23(44)18(39)10(3)31)4-11(32)19(40)24(45)20(41)12(4)33;20-17(14-5-2-1-3-6-14)12-18-10-4-7-13-8-9-15(19(21)22)11-16(13)18/h;1-11H,12H2/q-1;+1. The topological polar surface area (TPSA) is 64.1 Å².